The van der Waals surface area contributed by atoms with Crippen LogP contribution in [0.5, 0.6) is 11.5 Å². The minimum atomic E-state index is -0.617. The van der Waals surface area contributed by atoms with Crippen LogP contribution in [-0.4, -0.2) is 25.2 Å². The third-order valence-corrected chi connectivity index (χ3v) is 3.89. The maximum Gasteiger partial charge on any atom is 0.261 e. The van der Waals surface area contributed by atoms with Gasteiger partial charge in [-0.15, -0.1) is 0 Å². The molecule has 0 fully saturated rings. The molecule has 0 aliphatic rings. The van der Waals surface area contributed by atoms with E-state index in [4.69, 9.17) is 9.47 Å². The number of carbonyl (C=O) groups excluding carboxylic acids is 1. The summed E-state index contributed by atoms with van der Waals surface area (Å²) in [7, 11) is 0. The highest BCUT2D eigenvalue weighted by molar-refractivity contribution is 5.81. The highest BCUT2D eigenvalue weighted by Gasteiger charge is 2.17. The van der Waals surface area contributed by atoms with Gasteiger partial charge in [0.1, 0.15) is 23.9 Å². The molecule has 0 heterocycles. The lowest BCUT2D eigenvalue weighted by molar-refractivity contribution is -0.128. The molecule has 26 heavy (non-hydrogen) atoms. The average molecular weight is 359 g/mol. The van der Waals surface area contributed by atoms with Crippen molar-refractivity contribution in [2.45, 2.75) is 39.2 Å². The molecule has 0 spiro atoms. The van der Waals surface area contributed by atoms with Gasteiger partial charge in [0.15, 0.2) is 6.10 Å². The van der Waals surface area contributed by atoms with Gasteiger partial charge in [-0.1, -0.05) is 32.4 Å². The van der Waals surface area contributed by atoms with Crippen molar-refractivity contribution >= 4 is 5.91 Å². The van der Waals surface area contributed by atoms with Crippen LogP contribution in [-0.2, 0) is 11.2 Å². The SMILES string of the molecule is CCCc1ccc(OCCNC(=O)C(CC)Oc2ccc(F)cc2)cc1. The molecular formula is C21H26FNO3. The summed E-state index contributed by atoms with van der Waals surface area (Å²) in [6.07, 6.45) is 2.07. The van der Waals surface area contributed by atoms with E-state index in [2.05, 4.69) is 24.4 Å². The quantitative estimate of drug-likeness (QED) is 0.649. The number of aryl methyl sites for hydroxylation is 1. The Kier molecular flexibility index (Phi) is 7.93. The Labute approximate surface area is 154 Å². The second-order valence-corrected chi connectivity index (χ2v) is 6.00. The van der Waals surface area contributed by atoms with Crippen LogP contribution in [0.3, 0.4) is 0 Å². The molecule has 4 nitrogen and oxygen atoms in total. The van der Waals surface area contributed by atoms with Gasteiger partial charge in [0.05, 0.1) is 6.54 Å². The first-order valence-corrected chi connectivity index (χ1v) is 9.04. The summed E-state index contributed by atoms with van der Waals surface area (Å²) in [5.41, 5.74) is 1.29. The van der Waals surface area contributed by atoms with Crippen molar-refractivity contribution < 1.29 is 18.7 Å². The highest BCUT2D eigenvalue weighted by atomic mass is 19.1. The molecule has 0 aromatic heterocycles. The third kappa shape index (κ3) is 6.39. The van der Waals surface area contributed by atoms with Gasteiger partial charge in [0.2, 0.25) is 0 Å². The van der Waals surface area contributed by atoms with Gasteiger partial charge in [-0.2, -0.15) is 0 Å². The first-order valence-electron chi connectivity index (χ1n) is 9.04. The fourth-order valence-electron chi connectivity index (χ4n) is 2.50. The van der Waals surface area contributed by atoms with Crippen molar-refractivity contribution in [2.75, 3.05) is 13.2 Å². The van der Waals surface area contributed by atoms with E-state index >= 15 is 0 Å². The van der Waals surface area contributed by atoms with Gasteiger partial charge >= 0.3 is 0 Å². The van der Waals surface area contributed by atoms with E-state index in [1.807, 2.05) is 19.1 Å². The summed E-state index contributed by atoms with van der Waals surface area (Å²) in [5, 5.41) is 2.80. The predicted octanol–water partition coefficient (Wildman–Crippen LogP) is 4.13. The van der Waals surface area contributed by atoms with Gasteiger partial charge in [0, 0.05) is 0 Å². The maximum atomic E-state index is 12.9. The van der Waals surface area contributed by atoms with Gasteiger partial charge < -0.3 is 14.8 Å². The molecule has 0 saturated heterocycles. The third-order valence-electron chi connectivity index (χ3n) is 3.89. The number of hydrogen-bond donors (Lipinski definition) is 1. The van der Waals surface area contributed by atoms with Crippen molar-refractivity contribution in [1.29, 1.82) is 0 Å². The van der Waals surface area contributed by atoms with Crippen molar-refractivity contribution in [3.05, 3.63) is 59.9 Å². The number of halogens is 1. The molecule has 1 N–H and O–H groups in total. The lowest BCUT2D eigenvalue weighted by Crippen LogP contribution is -2.39. The van der Waals surface area contributed by atoms with Gasteiger partial charge in [-0.05, 0) is 54.8 Å². The van der Waals surface area contributed by atoms with E-state index < -0.39 is 6.10 Å². The van der Waals surface area contributed by atoms with Crippen LogP contribution in [0.15, 0.2) is 48.5 Å². The Morgan fingerprint density at radius 3 is 2.31 bits per heavy atom. The monoisotopic (exact) mass is 359 g/mol. The molecule has 1 amide bonds. The fourth-order valence-corrected chi connectivity index (χ4v) is 2.50. The Morgan fingerprint density at radius 2 is 1.69 bits per heavy atom. The molecule has 0 aliphatic carbocycles. The largest absolute Gasteiger partial charge is 0.492 e. The summed E-state index contributed by atoms with van der Waals surface area (Å²) in [5.74, 6) is 0.707. The minimum Gasteiger partial charge on any atom is -0.492 e. The van der Waals surface area contributed by atoms with Crippen LogP contribution in [0.4, 0.5) is 4.39 Å². The Bertz CT molecular complexity index is 671. The van der Waals surface area contributed by atoms with Crippen LogP contribution in [0.1, 0.15) is 32.3 Å². The van der Waals surface area contributed by atoms with Crippen LogP contribution in [0.2, 0.25) is 0 Å². The molecule has 1 atom stereocenters. The first kappa shape index (κ1) is 19.8. The lowest BCUT2D eigenvalue weighted by Gasteiger charge is -2.17. The molecule has 0 aliphatic heterocycles. The second kappa shape index (κ2) is 10.4. The minimum absolute atomic E-state index is 0.210. The number of rotatable bonds is 10. The summed E-state index contributed by atoms with van der Waals surface area (Å²) < 4.78 is 24.2. The number of amides is 1. The van der Waals surface area contributed by atoms with Gasteiger partial charge in [-0.3, -0.25) is 4.79 Å². The molecule has 2 aromatic rings. The Morgan fingerprint density at radius 1 is 1.04 bits per heavy atom. The number of hydrogen-bond acceptors (Lipinski definition) is 3. The van der Waals surface area contributed by atoms with Crippen molar-refractivity contribution in [1.82, 2.24) is 5.32 Å². The van der Waals surface area contributed by atoms with E-state index in [9.17, 15) is 9.18 Å². The second-order valence-electron chi connectivity index (χ2n) is 6.00. The zero-order chi connectivity index (χ0) is 18.8. The topological polar surface area (TPSA) is 47.6 Å². The highest BCUT2D eigenvalue weighted by Crippen LogP contribution is 2.15. The Balaban J connectivity index is 1.73. The number of ether oxygens (including phenoxy) is 2. The van der Waals surface area contributed by atoms with E-state index in [1.165, 1.54) is 29.8 Å². The van der Waals surface area contributed by atoms with E-state index in [1.54, 1.807) is 0 Å². The Hall–Kier alpha value is -2.56. The van der Waals surface area contributed by atoms with Crippen molar-refractivity contribution in [3.63, 3.8) is 0 Å². The number of nitrogens with one attached hydrogen (secondary N) is 1. The zero-order valence-electron chi connectivity index (χ0n) is 15.3. The lowest BCUT2D eigenvalue weighted by atomic mass is 10.1. The van der Waals surface area contributed by atoms with E-state index in [-0.39, 0.29) is 11.7 Å². The molecule has 2 aromatic carbocycles. The molecule has 140 valence electrons. The maximum absolute atomic E-state index is 12.9. The summed E-state index contributed by atoms with van der Waals surface area (Å²) in [4.78, 5) is 12.2. The molecule has 0 saturated carbocycles. The first-order chi connectivity index (χ1) is 12.6. The molecule has 2 rings (SSSR count). The smallest absolute Gasteiger partial charge is 0.261 e. The summed E-state index contributed by atoms with van der Waals surface area (Å²) in [6, 6.07) is 13.6. The van der Waals surface area contributed by atoms with Crippen LogP contribution in [0, 0.1) is 5.82 Å². The molecular weight excluding hydrogens is 333 g/mol. The zero-order valence-corrected chi connectivity index (χ0v) is 15.3. The van der Waals surface area contributed by atoms with Crippen molar-refractivity contribution in [3.8, 4) is 11.5 Å². The average Bonchev–Trinajstić information content (AvgIpc) is 2.66. The van der Waals surface area contributed by atoms with Gasteiger partial charge in [0.25, 0.3) is 5.91 Å². The summed E-state index contributed by atoms with van der Waals surface area (Å²) in [6.45, 7) is 4.78. The molecule has 0 radical (unpaired) electrons. The van der Waals surface area contributed by atoms with E-state index in [0.29, 0.717) is 25.3 Å². The van der Waals surface area contributed by atoms with Crippen LogP contribution in [0.25, 0.3) is 0 Å². The normalized spacial score (nSPS) is 11.7. The standard InChI is InChI=1S/C21H26FNO3/c1-3-5-16-6-10-18(11-7-16)25-15-14-23-21(24)20(4-2)26-19-12-8-17(22)9-13-19/h6-13,20H,3-5,14-15H2,1-2H3,(H,23,24). The molecule has 0 bridgehead atoms. The van der Waals surface area contributed by atoms with E-state index in [0.717, 1.165) is 18.6 Å². The van der Waals surface area contributed by atoms with Gasteiger partial charge in [-0.25, -0.2) is 4.39 Å². The molecule has 5 heteroatoms. The van der Waals surface area contributed by atoms with Crippen LogP contribution < -0.4 is 14.8 Å². The summed E-state index contributed by atoms with van der Waals surface area (Å²) >= 11 is 0. The van der Waals surface area contributed by atoms with Crippen molar-refractivity contribution in [2.24, 2.45) is 0 Å². The predicted molar refractivity (Wildman–Crippen MR) is 100 cm³/mol. The number of benzene rings is 2. The number of carbonyl (C=O) groups is 1. The molecule has 1 unspecified atom stereocenters. The van der Waals surface area contributed by atoms with Crippen LogP contribution >= 0.6 is 0 Å². The fraction of sp³-hybridized carbons (Fsp3) is 0.381.